The first kappa shape index (κ1) is 14.4. The van der Waals surface area contributed by atoms with Crippen LogP contribution in [0.3, 0.4) is 0 Å². The van der Waals surface area contributed by atoms with Crippen LogP contribution in [-0.4, -0.2) is 4.57 Å². The van der Waals surface area contributed by atoms with Gasteiger partial charge in [-0.25, -0.2) is 0 Å². The van der Waals surface area contributed by atoms with Crippen molar-refractivity contribution in [1.82, 2.24) is 9.88 Å². The van der Waals surface area contributed by atoms with Crippen molar-refractivity contribution < 1.29 is 0 Å². The molecule has 3 nitrogen and oxygen atoms in total. The predicted octanol–water partition coefficient (Wildman–Crippen LogP) is 3.29. The number of aryl methyl sites for hydroxylation is 1. The van der Waals surface area contributed by atoms with E-state index < -0.39 is 0 Å². The zero-order chi connectivity index (χ0) is 14.5. The molecule has 0 bridgehead atoms. The van der Waals surface area contributed by atoms with Crippen LogP contribution >= 0.6 is 0 Å². The second kappa shape index (κ2) is 6.40. The molecule has 0 saturated carbocycles. The molecule has 104 valence electrons. The first-order chi connectivity index (χ1) is 9.65. The Labute approximate surface area is 120 Å². The van der Waals surface area contributed by atoms with Crippen LogP contribution in [0, 0.1) is 25.2 Å². The molecule has 1 aromatic carbocycles. The molecule has 0 unspecified atom stereocenters. The van der Waals surface area contributed by atoms with Crippen molar-refractivity contribution in [3.8, 4) is 6.07 Å². The van der Waals surface area contributed by atoms with E-state index >= 15 is 0 Å². The highest BCUT2D eigenvalue weighted by molar-refractivity contribution is 5.33. The molecule has 0 atom stereocenters. The van der Waals surface area contributed by atoms with Crippen LogP contribution in [0.25, 0.3) is 0 Å². The fraction of sp³-hybridized carbons (Fsp3) is 0.353. The maximum absolute atomic E-state index is 8.89. The largest absolute Gasteiger partial charge is 0.349 e. The molecule has 0 aliphatic heterocycles. The van der Waals surface area contributed by atoms with E-state index in [0.717, 1.165) is 25.2 Å². The molecule has 0 radical (unpaired) electrons. The number of nitrogens with zero attached hydrogens (tertiary/aromatic N) is 2. The van der Waals surface area contributed by atoms with Crippen molar-refractivity contribution in [1.29, 1.82) is 5.26 Å². The summed E-state index contributed by atoms with van der Waals surface area (Å²) in [6.07, 6.45) is 0. The second-order valence-corrected chi connectivity index (χ2v) is 5.06. The van der Waals surface area contributed by atoms with Crippen LogP contribution in [-0.2, 0) is 19.6 Å². The van der Waals surface area contributed by atoms with Crippen LogP contribution in [0.5, 0.6) is 0 Å². The Morgan fingerprint density at radius 2 is 2.00 bits per heavy atom. The minimum atomic E-state index is 0.716. The lowest BCUT2D eigenvalue weighted by atomic mass is 10.1. The van der Waals surface area contributed by atoms with E-state index in [1.807, 2.05) is 24.3 Å². The monoisotopic (exact) mass is 267 g/mol. The zero-order valence-electron chi connectivity index (χ0n) is 12.4. The van der Waals surface area contributed by atoms with Crippen LogP contribution < -0.4 is 5.32 Å². The first-order valence-corrected chi connectivity index (χ1v) is 7.01. The minimum absolute atomic E-state index is 0.716. The van der Waals surface area contributed by atoms with Crippen molar-refractivity contribution in [3.05, 3.63) is 58.4 Å². The van der Waals surface area contributed by atoms with E-state index in [1.165, 1.54) is 17.0 Å². The van der Waals surface area contributed by atoms with E-state index in [-0.39, 0.29) is 0 Å². The van der Waals surface area contributed by atoms with Crippen molar-refractivity contribution in [2.24, 2.45) is 0 Å². The summed E-state index contributed by atoms with van der Waals surface area (Å²) in [4.78, 5) is 0. The molecule has 0 aliphatic rings. The van der Waals surface area contributed by atoms with Gasteiger partial charge in [0, 0.05) is 31.0 Å². The second-order valence-electron chi connectivity index (χ2n) is 5.06. The van der Waals surface area contributed by atoms with Crippen LogP contribution in [0.15, 0.2) is 30.3 Å². The van der Waals surface area contributed by atoms with Crippen molar-refractivity contribution in [2.45, 2.75) is 40.4 Å². The zero-order valence-corrected chi connectivity index (χ0v) is 12.4. The molecule has 2 rings (SSSR count). The van der Waals surface area contributed by atoms with Crippen molar-refractivity contribution in [2.75, 3.05) is 0 Å². The van der Waals surface area contributed by atoms with E-state index in [9.17, 15) is 0 Å². The van der Waals surface area contributed by atoms with Crippen LogP contribution in [0.1, 0.15) is 35.0 Å². The van der Waals surface area contributed by atoms with Crippen molar-refractivity contribution >= 4 is 0 Å². The van der Waals surface area contributed by atoms with Gasteiger partial charge in [-0.15, -0.1) is 0 Å². The average Bonchev–Trinajstić information content (AvgIpc) is 2.73. The van der Waals surface area contributed by atoms with Crippen LogP contribution in [0.4, 0.5) is 0 Å². The summed E-state index contributed by atoms with van der Waals surface area (Å²) in [7, 11) is 0. The third kappa shape index (κ3) is 3.09. The number of nitriles is 1. The van der Waals surface area contributed by atoms with Gasteiger partial charge in [0.25, 0.3) is 0 Å². The Hall–Kier alpha value is -2.05. The highest BCUT2D eigenvalue weighted by Gasteiger charge is 2.07. The lowest BCUT2D eigenvalue weighted by Gasteiger charge is -2.07. The smallest absolute Gasteiger partial charge is 0.0991 e. The van der Waals surface area contributed by atoms with Gasteiger partial charge in [0.05, 0.1) is 11.6 Å². The summed E-state index contributed by atoms with van der Waals surface area (Å²) in [6.45, 7) is 9.15. The molecule has 0 spiro atoms. The molecule has 1 N–H and O–H groups in total. The highest BCUT2D eigenvalue weighted by Crippen LogP contribution is 2.15. The molecule has 3 heteroatoms. The maximum Gasteiger partial charge on any atom is 0.0991 e. The molecule has 0 fully saturated rings. The summed E-state index contributed by atoms with van der Waals surface area (Å²) >= 11 is 0. The van der Waals surface area contributed by atoms with Gasteiger partial charge in [0.1, 0.15) is 0 Å². The van der Waals surface area contributed by atoms with Gasteiger partial charge in [-0.3, -0.25) is 0 Å². The lowest BCUT2D eigenvalue weighted by Crippen LogP contribution is -2.13. The minimum Gasteiger partial charge on any atom is -0.349 e. The van der Waals surface area contributed by atoms with E-state index in [1.54, 1.807) is 0 Å². The third-order valence-electron chi connectivity index (χ3n) is 3.70. The molecule has 1 heterocycles. The number of hydrogen-bond acceptors (Lipinski definition) is 2. The Morgan fingerprint density at radius 1 is 1.20 bits per heavy atom. The Balaban J connectivity index is 1.98. The summed E-state index contributed by atoms with van der Waals surface area (Å²) in [5, 5.41) is 12.3. The topological polar surface area (TPSA) is 40.8 Å². The summed E-state index contributed by atoms with van der Waals surface area (Å²) in [5.41, 5.74) is 5.86. The number of rotatable bonds is 5. The van der Waals surface area contributed by atoms with Gasteiger partial charge in [0.15, 0.2) is 0 Å². The van der Waals surface area contributed by atoms with Crippen LogP contribution in [0.2, 0.25) is 0 Å². The molecular formula is C17H21N3. The number of hydrogen-bond donors (Lipinski definition) is 1. The Kier molecular flexibility index (Phi) is 4.60. The molecule has 0 amide bonds. The molecule has 2 aromatic rings. The lowest BCUT2D eigenvalue weighted by molar-refractivity contribution is 0.675. The normalized spacial score (nSPS) is 10.5. The standard InChI is InChI=1S/C17H21N3/c1-4-20-13(2)8-17(14(20)3)12-19-11-16-7-5-6-15(9-16)10-18/h5-9,19H,4,11-12H2,1-3H3. The van der Waals surface area contributed by atoms with Crippen molar-refractivity contribution in [3.63, 3.8) is 0 Å². The van der Waals surface area contributed by atoms with Gasteiger partial charge in [-0.1, -0.05) is 12.1 Å². The molecule has 0 aliphatic carbocycles. The SMILES string of the molecule is CCn1c(C)cc(CNCc2cccc(C#N)c2)c1C. The molecule has 20 heavy (non-hydrogen) atoms. The van der Waals surface area contributed by atoms with E-state index in [4.69, 9.17) is 5.26 Å². The Morgan fingerprint density at radius 3 is 2.65 bits per heavy atom. The fourth-order valence-electron chi connectivity index (χ4n) is 2.63. The summed E-state index contributed by atoms with van der Waals surface area (Å²) in [6, 6.07) is 12.2. The van der Waals surface area contributed by atoms with Gasteiger partial charge in [-0.2, -0.15) is 5.26 Å². The Bertz CT molecular complexity index is 632. The third-order valence-corrected chi connectivity index (χ3v) is 3.70. The quantitative estimate of drug-likeness (QED) is 0.903. The summed E-state index contributed by atoms with van der Waals surface area (Å²) < 4.78 is 2.33. The van der Waals surface area contributed by atoms with E-state index in [0.29, 0.717) is 5.56 Å². The van der Waals surface area contributed by atoms with Gasteiger partial charge in [0.2, 0.25) is 0 Å². The number of aromatic nitrogens is 1. The first-order valence-electron chi connectivity index (χ1n) is 7.01. The maximum atomic E-state index is 8.89. The summed E-state index contributed by atoms with van der Waals surface area (Å²) in [5.74, 6) is 0. The van der Waals surface area contributed by atoms with Gasteiger partial charge >= 0.3 is 0 Å². The molecule has 0 saturated heterocycles. The van der Waals surface area contributed by atoms with Gasteiger partial charge < -0.3 is 9.88 Å². The highest BCUT2D eigenvalue weighted by atomic mass is 15.0. The average molecular weight is 267 g/mol. The van der Waals surface area contributed by atoms with Gasteiger partial charge in [-0.05, 0) is 50.1 Å². The molecule has 1 aromatic heterocycles. The predicted molar refractivity (Wildman–Crippen MR) is 81.3 cm³/mol. The van der Waals surface area contributed by atoms with E-state index in [2.05, 4.69) is 42.8 Å². The number of nitrogens with one attached hydrogen (secondary N) is 1. The molecular weight excluding hydrogens is 246 g/mol. The number of benzene rings is 1. The fourth-order valence-corrected chi connectivity index (χ4v) is 2.63.